The summed E-state index contributed by atoms with van der Waals surface area (Å²) in [5.74, 6) is 0. The van der Waals surface area contributed by atoms with Gasteiger partial charge in [0, 0.05) is 18.4 Å². The molecule has 0 atom stereocenters. The van der Waals surface area contributed by atoms with E-state index in [2.05, 4.69) is 9.97 Å². The molecule has 0 amide bonds. The van der Waals surface area contributed by atoms with Crippen LogP contribution in [0.3, 0.4) is 0 Å². The number of hydrogen-bond donors (Lipinski definition) is 1. The van der Waals surface area contributed by atoms with Gasteiger partial charge in [0.2, 0.25) is 0 Å². The third-order valence-electron chi connectivity index (χ3n) is 2.22. The third kappa shape index (κ3) is 2.97. The molecule has 0 saturated heterocycles. The minimum absolute atomic E-state index is 0.458. The van der Waals surface area contributed by atoms with Gasteiger partial charge in [-0.1, -0.05) is 17.7 Å². The van der Waals surface area contributed by atoms with Gasteiger partial charge in [-0.15, -0.1) is 0 Å². The van der Waals surface area contributed by atoms with Gasteiger partial charge in [-0.25, -0.2) is 9.97 Å². The summed E-state index contributed by atoms with van der Waals surface area (Å²) in [7, 11) is 0. The van der Waals surface area contributed by atoms with Crippen LogP contribution in [0.4, 0.5) is 0 Å². The van der Waals surface area contributed by atoms with Gasteiger partial charge < -0.3 is 5.73 Å². The fourth-order valence-corrected chi connectivity index (χ4v) is 2.51. The van der Waals surface area contributed by atoms with Crippen LogP contribution in [0.15, 0.2) is 40.5 Å². The molecule has 0 aliphatic rings. The van der Waals surface area contributed by atoms with Crippen molar-refractivity contribution in [2.45, 2.75) is 23.5 Å². The first-order valence-corrected chi connectivity index (χ1v) is 6.35. The second-order valence-electron chi connectivity index (χ2n) is 3.51. The number of hydrogen-bond acceptors (Lipinski definition) is 4. The Bertz CT molecular complexity index is 531. The molecule has 0 radical (unpaired) electrons. The van der Waals surface area contributed by atoms with Crippen LogP contribution in [0, 0.1) is 6.92 Å². The first kappa shape index (κ1) is 12.4. The second-order valence-corrected chi connectivity index (χ2v) is 4.90. The first-order chi connectivity index (χ1) is 8.20. The van der Waals surface area contributed by atoms with Crippen LogP contribution in [-0.2, 0) is 6.54 Å². The molecule has 2 rings (SSSR count). The van der Waals surface area contributed by atoms with Crippen LogP contribution in [0.1, 0.15) is 11.3 Å². The zero-order valence-electron chi connectivity index (χ0n) is 9.35. The summed E-state index contributed by atoms with van der Waals surface area (Å²) in [6.45, 7) is 2.41. The third-order valence-corrected chi connectivity index (χ3v) is 3.70. The molecule has 0 spiro atoms. The second kappa shape index (κ2) is 5.49. The lowest BCUT2D eigenvalue weighted by molar-refractivity contribution is 0.938. The van der Waals surface area contributed by atoms with Gasteiger partial charge in [0.05, 0.1) is 5.02 Å². The zero-order chi connectivity index (χ0) is 12.3. The maximum atomic E-state index is 6.07. The molecule has 0 aliphatic carbocycles. The predicted molar refractivity (Wildman–Crippen MR) is 70.2 cm³/mol. The number of pyridine rings is 2. The van der Waals surface area contributed by atoms with Crippen LogP contribution in [0.5, 0.6) is 0 Å². The Labute approximate surface area is 109 Å². The molecular weight excluding hydrogens is 254 g/mol. The summed E-state index contributed by atoms with van der Waals surface area (Å²) in [5, 5.41) is 2.25. The zero-order valence-corrected chi connectivity index (χ0v) is 10.9. The molecule has 3 nitrogen and oxygen atoms in total. The van der Waals surface area contributed by atoms with Crippen molar-refractivity contribution >= 4 is 23.4 Å². The van der Waals surface area contributed by atoms with Crippen molar-refractivity contribution < 1.29 is 0 Å². The van der Waals surface area contributed by atoms with Crippen molar-refractivity contribution in [2.75, 3.05) is 0 Å². The van der Waals surface area contributed by atoms with Crippen molar-refractivity contribution in [1.82, 2.24) is 9.97 Å². The Morgan fingerprint density at radius 1 is 1.29 bits per heavy atom. The number of halogens is 1. The van der Waals surface area contributed by atoms with E-state index in [0.29, 0.717) is 11.6 Å². The van der Waals surface area contributed by atoms with Crippen molar-refractivity contribution in [3.8, 4) is 0 Å². The Hall–Kier alpha value is -1.10. The topological polar surface area (TPSA) is 51.8 Å². The molecule has 0 bridgehead atoms. The van der Waals surface area contributed by atoms with Crippen LogP contribution < -0.4 is 5.73 Å². The molecule has 0 unspecified atom stereocenters. The number of nitrogens with zero attached hydrogens (tertiary/aromatic N) is 2. The SMILES string of the molecule is Cc1ccc(CN)c(Sc2ncccc2Cl)n1. The molecule has 2 N–H and O–H groups in total. The van der Waals surface area contributed by atoms with Gasteiger partial charge in [-0.05, 0) is 42.4 Å². The normalized spacial score (nSPS) is 10.5. The van der Waals surface area contributed by atoms with Crippen molar-refractivity contribution in [3.63, 3.8) is 0 Å². The Morgan fingerprint density at radius 2 is 2.12 bits per heavy atom. The van der Waals surface area contributed by atoms with Crippen molar-refractivity contribution in [3.05, 3.63) is 46.7 Å². The van der Waals surface area contributed by atoms with E-state index >= 15 is 0 Å². The van der Waals surface area contributed by atoms with Gasteiger partial charge in [0.25, 0.3) is 0 Å². The number of aromatic nitrogens is 2. The van der Waals surface area contributed by atoms with Gasteiger partial charge in [0.15, 0.2) is 0 Å². The van der Waals surface area contributed by atoms with Crippen LogP contribution in [0.25, 0.3) is 0 Å². The molecule has 2 heterocycles. The Kier molecular flexibility index (Phi) is 3.99. The molecule has 2 aromatic heterocycles. The van der Waals surface area contributed by atoms with Gasteiger partial charge in [-0.3, -0.25) is 0 Å². The standard InChI is InChI=1S/C12H12ClN3S/c1-8-4-5-9(7-14)11(16-8)17-12-10(13)3-2-6-15-12/h2-6H,7,14H2,1H3. The lowest BCUT2D eigenvalue weighted by Crippen LogP contribution is -2.01. The maximum absolute atomic E-state index is 6.07. The molecule has 2 aromatic rings. The molecular formula is C12H12ClN3S. The molecule has 88 valence electrons. The van der Waals surface area contributed by atoms with Crippen molar-refractivity contribution in [1.29, 1.82) is 0 Å². The van der Waals surface area contributed by atoms with Gasteiger partial charge >= 0.3 is 0 Å². The van der Waals surface area contributed by atoms with E-state index < -0.39 is 0 Å². The fourth-order valence-electron chi connectivity index (χ4n) is 1.34. The monoisotopic (exact) mass is 265 g/mol. The molecule has 0 aromatic carbocycles. The predicted octanol–water partition coefficient (Wildman–Crippen LogP) is 3.05. The lowest BCUT2D eigenvalue weighted by Gasteiger charge is -2.07. The van der Waals surface area contributed by atoms with E-state index in [-0.39, 0.29) is 0 Å². The minimum Gasteiger partial charge on any atom is -0.326 e. The summed E-state index contributed by atoms with van der Waals surface area (Å²) >= 11 is 7.51. The highest BCUT2D eigenvalue weighted by Crippen LogP contribution is 2.32. The number of aryl methyl sites for hydroxylation is 1. The van der Waals surface area contributed by atoms with E-state index in [1.54, 1.807) is 12.3 Å². The number of nitrogens with two attached hydrogens (primary N) is 1. The summed E-state index contributed by atoms with van der Waals surface area (Å²) in [4.78, 5) is 8.69. The largest absolute Gasteiger partial charge is 0.326 e. The molecule has 0 saturated carbocycles. The highest BCUT2D eigenvalue weighted by atomic mass is 35.5. The summed E-state index contributed by atoms with van der Waals surface area (Å²) in [6, 6.07) is 7.56. The van der Waals surface area contributed by atoms with E-state index in [9.17, 15) is 0 Å². The van der Waals surface area contributed by atoms with Gasteiger partial charge in [0.1, 0.15) is 10.1 Å². The Balaban J connectivity index is 2.35. The fraction of sp³-hybridized carbons (Fsp3) is 0.167. The van der Waals surface area contributed by atoms with E-state index in [4.69, 9.17) is 17.3 Å². The summed E-state index contributed by atoms with van der Waals surface area (Å²) in [5.41, 5.74) is 7.64. The van der Waals surface area contributed by atoms with Crippen LogP contribution in [-0.4, -0.2) is 9.97 Å². The van der Waals surface area contributed by atoms with E-state index in [1.165, 1.54) is 11.8 Å². The van der Waals surface area contributed by atoms with Crippen LogP contribution in [0.2, 0.25) is 5.02 Å². The number of rotatable bonds is 3. The minimum atomic E-state index is 0.458. The highest BCUT2D eigenvalue weighted by Gasteiger charge is 2.09. The summed E-state index contributed by atoms with van der Waals surface area (Å²) < 4.78 is 0. The van der Waals surface area contributed by atoms with Crippen molar-refractivity contribution in [2.24, 2.45) is 5.73 Å². The quantitative estimate of drug-likeness (QED) is 0.927. The maximum Gasteiger partial charge on any atom is 0.121 e. The van der Waals surface area contributed by atoms with E-state index in [1.807, 2.05) is 25.1 Å². The Morgan fingerprint density at radius 3 is 2.82 bits per heavy atom. The smallest absolute Gasteiger partial charge is 0.121 e. The lowest BCUT2D eigenvalue weighted by atomic mass is 10.2. The average molecular weight is 266 g/mol. The molecule has 5 heteroatoms. The highest BCUT2D eigenvalue weighted by molar-refractivity contribution is 7.99. The van der Waals surface area contributed by atoms with E-state index in [0.717, 1.165) is 21.3 Å². The molecule has 0 aliphatic heterocycles. The summed E-state index contributed by atoms with van der Waals surface area (Å²) in [6.07, 6.45) is 1.71. The first-order valence-electron chi connectivity index (χ1n) is 5.15. The molecule has 17 heavy (non-hydrogen) atoms. The van der Waals surface area contributed by atoms with Gasteiger partial charge in [-0.2, -0.15) is 0 Å². The van der Waals surface area contributed by atoms with Crippen LogP contribution >= 0.6 is 23.4 Å². The average Bonchev–Trinajstić information content (AvgIpc) is 2.32. The molecule has 0 fully saturated rings.